The Balaban J connectivity index is 1.90. The van der Waals surface area contributed by atoms with Crippen LogP contribution in [0.5, 0.6) is 0 Å². The van der Waals surface area contributed by atoms with Gasteiger partial charge in [-0.15, -0.1) is 11.3 Å². The van der Waals surface area contributed by atoms with Crippen molar-refractivity contribution < 1.29 is 14.1 Å². The molecule has 1 heterocycles. The monoisotopic (exact) mass is 350 g/mol. The van der Waals surface area contributed by atoms with Gasteiger partial charge in [0.1, 0.15) is 5.82 Å². The highest BCUT2D eigenvalue weighted by Crippen LogP contribution is 2.30. The molecule has 0 fully saturated rings. The highest BCUT2D eigenvalue weighted by molar-refractivity contribution is 7.20. The number of nitrogens with one attached hydrogen (secondary N) is 1. The lowest BCUT2D eigenvalue weighted by molar-refractivity contribution is -0.384. The van der Waals surface area contributed by atoms with Crippen molar-refractivity contribution >= 4 is 50.3 Å². The molecular weight excluding hydrogens is 343 g/mol. The number of halogens is 2. The zero-order chi connectivity index (χ0) is 16.6. The van der Waals surface area contributed by atoms with E-state index in [1.807, 2.05) is 0 Å². The minimum atomic E-state index is -0.498. The minimum Gasteiger partial charge on any atom is -0.320 e. The van der Waals surface area contributed by atoms with Crippen molar-refractivity contribution in [1.82, 2.24) is 0 Å². The van der Waals surface area contributed by atoms with E-state index in [1.165, 1.54) is 35.6 Å². The number of fused-ring (bicyclic) bond motifs is 1. The molecule has 0 atom stereocenters. The molecule has 0 aliphatic carbocycles. The normalized spacial score (nSPS) is 10.7. The van der Waals surface area contributed by atoms with E-state index in [0.717, 1.165) is 10.8 Å². The van der Waals surface area contributed by atoms with Crippen LogP contribution in [0.1, 0.15) is 9.67 Å². The summed E-state index contributed by atoms with van der Waals surface area (Å²) >= 11 is 7.07. The molecule has 1 N–H and O–H groups in total. The third-order valence-corrected chi connectivity index (χ3v) is 4.54. The quantitative estimate of drug-likeness (QED) is 0.542. The first-order valence-corrected chi connectivity index (χ1v) is 7.58. The number of non-ortho nitro benzene ring substituents is 1. The third-order valence-electron chi connectivity index (χ3n) is 3.11. The van der Waals surface area contributed by atoms with Gasteiger partial charge in [-0.25, -0.2) is 4.39 Å². The molecule has 0 radical (unpaired) electrons. The van der Waals surface area contributed by atoms with Crippen LogP contribution in [0.15, 0.2) is 42.5 Å². The average molecular weight is 351 g/mol. The molecule has 0 saturated heterocycles. The van der Waals surface area contributed by atoms with Gasteiger partial charge in [0.2, 0.25) is 0 Å². The number of thiophene rings is 1. The standard InChI is InChI=1S/C15H8ClFN2O3S/c16-11-7-9(17)1-3-12(11)18-15(20)14-6-8-5-10(19(21)22)2-4-13(8)23-14/h1-7H,(H,18,20). The van der Waals surface area contributed by atoms with Gasteiger partial charge in [0, 0.05) is 22.2 Å². The van der Waals surface area contributed by atoms with Crippen molar-refractivity contribution in [2.24, 2.45) is 0 Å². The minimum absolute atomic E-state index is 0.0381. The molecule has 1 amide bonds. The molecule has 3 aromatic rings. The second-order valence-corrected chi connectivity index (χ2v) is 6.16. The zero-order valence-electron chi connectivity index (χ0n) is 11.4. The van der Waals surface area contributed by atoms with Gasteiger partial charge in [0.05, 0.1) is 20.5 Å². The van der Waals surface area contributed by atoms with E-state index in [4.69, 9.17) is 11.6 Å². The van der Waals surface area contributed by atoms with Gasteiger partial charge >= 0.3 is 0 Å². The molecule has 8 heteroatoms. The second kappa shape index (κ2) is 5.94. The van der Waals surface area contributed by atoms with Gasteiger partial charge < -0.3 is 5.32 Å². The summed E-state index contributed by atoms with van der Waals surface area (Å²) in [6.07, 6.45) is 0. The highest BCUT2D eigenvalue weighted by atomic mass is 35.5. The Kier molecular flexibility index (Phi) is 3.97. The number of benzene rings is 2. The first-order valence-electron chi connectivity index (χ1n) is 6.38. The average Bonchev–Trinajstić information content (AvgIpc) is 2.93. The fraction of sp³-hybridized carbons (Fsp3) is 0. The number of amides is 1. The van der Waals surface area contributed by atoms with Gasteiger partial charge in [-0.2, -0.15) is 0 Å². The summed E-state index contributed by atoms with van der Waals surface area (Å²) in [4.78, 5) is 22.9. The Morgan fingerprint density at radius 2 is 2.00 bits per heavy atom. The molecule has 2 aromatic carbocycles. The van der Waals surface area contributed by atoms with Crippen molar-refractivity contribution in [3.63, 3.8) is 0 Å². The van der Waals surface area contributed by atoms with Crippen LogP contribution < -0.4 is 5.32 Å². The number of carbonyl (C=O) groups excluding carboxylic acids is 1. The van der Waals surface area contributed by atoms with E-state index in [0.29, 0.717) is 16.0 Å². The molecule has 0 unspecified atom stereocenters. The lowest BCUT2D eigenvalue weighted by atomic mass is 10.2. The summed E-state index contributed by atoms with van der Waals surface area (Å²) in [7, 11) is 0. The number of hydrogen-bond acceptors (Lipinski definition) is 4. The van der Waals surface area contributed by atoms with Gasteiger partial charge in [0.15, 0.2) is 0 Å². The summed E-state index contributed by atoms with van der Waals surface area (Å²) < 4.78 is 13.8. The van der Waals surface area contributed by atoms with Crippen molar-refractivity contribution in [1.29, 1.82) is 0 Å². The van der Waals surface area contributed by atoms with Crippen molar-refractivity contribution in [2.45, 2.75) is 0 Å². The van der Waals surface area contributed by atoms with Crippen molar-refractivity contribution in [3.8, 4) is 0 Å². The van der Waals surface area contributed by atoms with Crippen LogP contribution in [0.4, 0.5) is 15.8 Å². The van der Waals surface area contributed by atoms with Crippen molar-refractivity contribution in [2.75, 3.05) is 5.32 Å². The summed E-state index contributed by atoms with van der Waals surface area (Å²) in [5.74, 6) is -0.912. The van der Waals surface area contributed by atoms with Crippen LogP contribution in [-0.2, 0) is 0 Å². The number of anilines is 1. The number of rotatable bonds is 3. The number of hydrogen-bond donors (Lipinski definition) is 1. The summed E-state index contributed by atoms with van der Waals surface area (Å²) in [5, 5.41) is 14.1. The maximum atomic E-state index is 13.0. The molecule has 0 saturated carbocycles. The van der Waals surface area contributed by atoms with Gasteiger partial charge in [-0.3, -0.25) is 14.9 Å². The molecule has 116 valence electrons. The number of carbonyl (C=O) groups is 1. The van der Waals surface area contributed by atoms with E-state index in [-0.39, 0.29) is 10.7 Å². The van der Waals surface area contributed by atoms with Crippen LogP contribution >= 0.6 is 22.9 Å². The molecular formula is C15H8ClFN2O3S. The van der Waals surface area contributed by atoms with E-state index < -0.39 is 16.6 Å². The van der Waals surface area contributed by atoms with Gasteiger partial charge in [-0.1, -0.05) is 11.6 Å². The smallest absolute Gasteiger partial charge is 0.270 e. The summed E-state index contributed by atoms with van der Waals surface area (Å²) in [6.45, 7) is 0. The Morgan fingerprint density at radius 3 is 2.70 bits per heavy atom. The molecule has 0 bridgehead atoms. The van der Waals surface area contributed by atoms with E-state index in [1.54, 1.807) is 12.1 Å². The largest absolute Gasteiger partial charge is 0.320 e. The molecule has 0 spiro atoms. The lowest BCUT2D eigenvalue weighted by Gasteiger charge is -2.05. The summed E-state index contributed by atoms with van der Waals surface area (Å²) in [5.41, 5.74) is 0.255. The molecule has 1 aromatic heterocycles. The van der Waals surface area contributed by atoms with E-state index in [2.05, 4.69) is 5.32 Å². The Hall–Kier alpha value is -2.51. The second-order valence-electron chi connectivity index (χ2n) is 4.67. The Morgan fingerprint density at radius 1 is 1.22 bits per heavy atom. The molecule has 5 nitrogen and oxygen atoms in total. The predicted molar refractivity (Wildman–Crippen MR) is 87.8 cm³/mol. The number of nitro groups is 1. The molecule has 23 heavy (non-hydrogen) atoms. The van der Waals surface area contributed by atoms with Crippen LogP contribution in [0, 0.1) is 15.9 Å². The molecule has 3 rings (SSSR count). The fourth-order valence-corrected chi connectivity index (χ4v) is 3.18. The van der Waals surface area contributed by atoms with E-state index in [9.17, 15) is 19.3 Å². The summed E-state index contributed by atoms with van der Waals surface area (Å²) in [6, 6.07) is 9.62. The fourth-order valence-electron chi connectivity index (χ4n) is 2.03. The Bertz CT molecular complexity index is 942. The van der Waals surface area contributed by atoms with Crippen LogP contribution in [0.2, 0.25) is 5.02 Å². The van der Waals surface area contributed by atoms with Crippen LogP contribution in [-0.4, -0.2) is 10.8 Å². The van der Waals surface area contributed by atoms with Gasteiger partial charge in [-0.05, 0) is 30.3 Å². The predicted octanol–water partition coefficient (Wildman–Crippen LogP) is 4.85. The van der Waals surface area contributed by atoms with Crippen molar-refractivity contribution in [3.05, 3.63) is 68.3 Å². The van der Waals surface area contributed by atoms with Crippen LogP contribution in [0.25, 0.3) is 10.1 Å². The Labute approximate surface area is 138 Å². The number of nitrogens with zero attached hydrogens (tertiary/aromatic N) is 1. The van der Waals surface area contributed by atoms with E-state index >= 15 is 0 Å². The first-order chi connectivity index (χ1) is 10.9. The maximum absolute atomic E-state index is 13.0. The lowest BCUT2D eigenvalue weighted by Crippen LogP contribution is -2.10. The zero-order valence-corrected chi connectivity index (χ0v) is 13.0. The van der Waals surface area contributed by atoms with Crippen LogP contribution in [0.3, 0.4) is 0 Å². The maximum Gasteiger partial charge on any atom is 0.270 e. The topological polar surface area (TPSA) is 72.2 Å². The highest BCUT2D eigenvalue weighted by Gasteiger charge is 2.14. The SMILES string of the molecule is O=C(Nc1ccc(F)cc1Cl)c1cc2cc([N+](=O)[O-])ccc2s1. The number of nitro benzene ring substituents is 1. The molecule has 0 aliphatic rings. The van der Waals surface area contributed by atoms with Gasteiger partial charge in [0.25, 0.3) is 11.6 Å². The third kappa shape index (κ3) is 3.15. The molecule has 0 aliphatic heterocycles. The first kappa shape index (κ1) is 15.4.